The molecule has 3 heterocycles. The number of anilines is 1. The van der Waals surface area contributed by atoms with Crippen LogP contribution in [0.5, 0.6) is 0 Å². The van der Waals surface area contributed by atoms with Gasteiger partial charge in [-0.15, -0.1) is 0 Å². The number of esters is 1. The molecule has 8 nitrogen and oxygen atoms in total. The van der Waals surface area contributed by atoms with Crippen molar-refractivity contribution in [3.8, 4) is 0 Å². The van der Waals surface area contributed by atoms with Gasteiger partial charge >= 0.3 is 12.1 Å². The summed E-state index contributed by atoms with van der Waals surface area (Å²) in [7, 11) is -1.03. The highest BCUT2D eigenvalue weighted by molar-refractivity contribution is 7.88. The topological polar surface area (TPSA) is 93.0 Å². The zero-order chi connectivity index (χ0) is 22.8. The highest BCUT2D eigenvalue weighted by Crippen LogP contribution is 2.36. The van der Waals surface area contributed by atoms with Gasteiger partial charge in [0.2, 0.25) is 5.09 Å². The first-order chi connectivity index (χ1) is 14.5. The number of pyridine rings is 1. The number of hydrogen-bond donors (Lipinski definition) is 0. The molecule has 2 aromatic heterocycles. The van der Waals surface area contributed by atoms with E-state index in [1.54, 1.807) is 0 Å². The van der Waals surface area contributed by atoms with E-state index >= 15 is 0 Å². The fourth-order valence-electron chi connectivity index (χ4n) is 3.25. The summed E-state index contributed by atoms with van der Waals surface area (Å²) in [6, 6.07) is 4.83. The number of piperidine rings is 1. The van der Waals surface area contributed by atoms with Gasteiger partial charge in [-0.2, -0.15) is 13.2 Å². The summed E-state index contributed by atoms with van der Waals surface area (Å²) < 4.78 is 75.4. The molecule has 12 heteroatoms. The number of furan rings is 1. The molecule has 31 heavy (non-hydrogen) atoms. The first-order valence-electron chi connectivity index (χ1n) is 9.45. The highest BCUT2D eigenvalue weighted by Gasteiger charge is 2.37. The van der Waals surface area contributed by atoms with Crippen LogP contribution in [-0.2, 0) is 32.3 Å². The van der Waals surface area contributed by atoms with Gasteiger partial charge in [-0.1, -0.05) is 0 Å². The van der Waals surface area contributed by atoms with Crippen LogP contribution < -0.4 is 4.90 Å². The van der Waals surface area contributed by atoms with Crippen LogP contribution in [0.25, 0.3) is 0 Å². The summed E-state index contributed by atoms with van der Waals surface area (Å²) >= 11 is 0. The molecule has 1 fully saturated rings. The molecule has 0 aromatic carbocycles. The average Bonchev–Trinajstić information content (AvgIpc) is 3.21. The SMILES string of the molecule is CN(C)S(=O)(=O)c1ccc(COC(=O)C2CCCN(c3ncccc3C(F)(F)F)C2)o1. The smallest absolute Gasteiger partial charge is 0.419 e. The molecule has 0 saturated carbocycles. The fourth-order valence-corrected chi connectivity index (χ4v) is 4.06. The summed E-state index contributed by atoms with van der Waals surface area (Å²) in [5, 5.41) is -0.276. The van der Waals surface area contributed by atoms with E-state index in [9.17, 15) is 26.4 Å². The normalized spacial score (nSPS) is 17.7. The molecule has 2 aromatic rings. The second-order valence-electron chi connectivity index (χ2n) is 7.27. The van der Waals surface area contributed by atoms with Crippen LogP contribution in [0, 0.1) is 5.92 Å². The van der Waals surface area contributed by atoms with Crippen LogP contribution in [0.15, 0.2) is 40.0 Å². The monoisotopic (exact) mass is 461 g/mol. The molecule has 1 unspecified atom stereocenters. The van der Waals surface area contributed by atoms with Crippen molar-refractivity contribution >= 4 is 21.8 Å². The van der Waals surface area contributed by atoms with Crippen LogP contribution >= 0.6 is 0 Å². The number of alkyl halides is 3. The number of carbonyl (C=O) groups is 1. The lowest BCUT2D eigenvalue weighted by atomic mass is 9.97. The van der Waals surface area contributed by atoms with Gasteiger partial charge in [0.1, 0.15) is 18.2 Å². The Morgan fingerprint density at radius 3 is 2.74 bits per heavy atom. The number of sulfonamides is 1. The summed E-state index contributed by atoms with van der Waals surface area (Å²) in [5.41, 5.74) is -0.853. The van der Waals surface area contributed by atoms with Crippen molar-refractivity contribution < 1.29 is 35.5 Å². The van der Waals surface area contributed by atoms with Gasteiger partial charge in [-0.25, -0.2) is 17.7 Å². The Morgan fingerprint density at radius 1 is 1.32 bits per heavy atom. The average molecular weight is 461 g/mol. The third kappa shape index (κ3) is 5.18. The number of aromatic nitrogens is 1. The van der Waals surface area contributed by atoms with Crippen molar-refractivity contribution in [2.75, 3.05) is 32.1 Å². The predicted octanol–water partition coefficient (Wildman–Crippen LogP) is 2.90. The lowest BCUT2D eigenvalue weighted by molar-refractivity contribution is -0.150. The lowest BCUT2D eigenvalue weighted by Crippen LogP contribution is -2.40. The summed E-state index contributed by atoms with van der Waals surface area (Å²) in [6.45, 7) is 0.0980. The fraction of sp³-hybridized carbons (Fsp3) is 0.474. The van der Waals surface area contributed by atoms with Gasteiger partial charge in [0.05, 0.1) is 11.5 Å². The minimum absolute atomic E-state index is 0.0390. The molecule has 3 rings (SSSR count). The molecule has 0 spiro atoms. The first kappa shape index (κ1) is 23.1. The quantitative estimate of drug-likeness (QED) is 0.611. The molecule has 0 amide bonds. The van der Waals surface area contributed by atoms with Crippen molar-refractivity contribution in [1.29, 1.82) is 0 Å². The Hall–Kier alpha value is -2.60. The van der Waals surface area contributed by atoms with Crippen molar-refractivity contribution in [3.63, 3.8) is 0 Å². The number of nitrogens with zero attached hydrogens (tertiary/aromatic N) is 3. The summed E-state index contributed by atoms with van der Waals surface area (Å²) in [6.07, 6.45) is -2.31. The molecule has 1 atom stereocenters. The minimum Gasteiger partial charge on any atom is -0.457 e. The molecule has 0 N–H and O–H groups in total. The second kappa shape index (κ2) is 8.87. The summed E-state index contributed by atoms with van der Waals surface area (Å²) in [5.74, 6) is -1.30. The number of rotatable bonds is 6. The molecular formula is C19H22F3N3O5S. The predicted molar refractivity (Wildman–Crippen MR) is 104 cm³/mol. The van der Waals surface area contributed by atoms with Crippen LogP contribution in [0.3, 0.4) is 0 Å². The van der Waals surface area contributed by atoms with Crippen LogP contribution in [0.2, 0.25) is 0 Å². The van der Waals surface area contributed by atoms with Crippen molar-refractivity contribution in [2.45, 2.75) is 30.7 Å². The Bertz CT molecular complexity index is 1040. The van der Waals surface area contributed by atoms with Gasteiger partial charge in [-0.05, 0) is 37.1 Å². The van der Waals surface area contributed by atoms with Gasteiger partial charge < -0.3 is 14.1 Å². The third-order valence-corrected chi connectivity index (χ3v) is 6.56. The largest absolute Gasteiger partial charge is 0.457 e. The standard InChI is InChI=1S/C19H22F3N3O5S/c1-24(2)31(27,28)16-8-7-14(30-16)12-29-18(26)13-5-4-10-25(11-13)17-15(19(20,21)22)6-3-9-23-17/h3,6-9,13H,4-5,10-12H2,1-2H3. The highest BCUT2D eigenvalue weighted by atomic mass is 32.2. The molecular weight excluding hydrogens is 439 g/mol. The molecule has 0 bridgehead atoms. The van der Waals surface area contributed by atoms with Crippen LogP contribution in [0.1, 0.15) is 24.2 Å². The van der Waals surface area contributed by atoms with Crippen molar-refractivity contribution in [1.82, 2.24) is 9.29 Å². The van der Waals surface area contributed by atoms with Crippen LogP contribution in [0.4, 0.5) is 19.0 Å². The number of ether oxygens (including phenoxy) is 1. The molecule has 1 aliphatic heterocycles. The van der Waals surface area contributed by atoms with Gasteiger partial charge in [-0.3, -0.25) is 4.79 Å². The van der Waals surface area contributed by atoms with E-state index in [0.717, 1.165) is 10.4 Å². The molecule has 0 radical (unpaired) electrons. The molecule has 1 aliphatic rings. The van der Waals surface area contributed by atoms with E-state index in [1.807, 2.05) is 0 Å². The number of halogens is 3. The number of hydrogen-bond acceptors (Lipinski definition) is 7. The van der Waals surface area contributed by atoms with Gasteiger partial charge in [0.15, 0.2) is 0 Å². The minimum atomic E-state index is -4.55. The van der Waals surface area contributed by atoms with E-state index in [2.05, 4.69) is 4.98 Å². The Balaban J connectivity index is 1.65. The second-order valence-corrected chi connectivity index (χ2v) is 9.36. The third-order valence-electron chi connectivity index (χ3n) is 4.87. The van der Waals surface area contributed by atoms with E-state index in [1.165, 1.54) is 43.4 Å². The number of carbonyl (C=O) groups excluding carboxylic acids is 1. The Kier molecular flexibility index (Phi) is 6.60. The maximum atomic E-state index is 13.3. The van der Waals surface area contributed by atoms with E-state index in [0.29, 0.717) is 19.4 Å². The maximum absolute atomic E-state index is 13.3. The van der Waals surface area contributed by atoms with Gasteiger partial charge in [0, 0.05) is 33.4 Å². The van der Waals surface area contributed by atoms with E-state index in [4.69, 9.17) is 9.15 Å². The zero-order valence-electron chi connectivity index (χ0n) is 16.9. The summed E-state index contributed by atoms with van der Waals surface area (Å²) in [4.78, 5) is 17.8. The lowest BCUT2D eigenvalue weighted by Gasteiger charge is -2.33. The van der Waals surface area contributed by atoms with E-state index < -0.39 is 33.7 Å². The Morgan fingerprint density at radius 2 is 2.06 bits per heavy atom. The molecule has 1 saturated heterocycles. The first-order valence-corrected chi connectivity index (χ1v) is 10.9. The maximum Gasteiger partial charge on any atom is 0.419 e. The van der Waals surface area contributed by atoms with Crippen molar-refractivity contribution in [2.24, 2.45) is 5.92 Å². The Labute approximate surface area is 177 Å². The van der Waals surface area contributed by atoms with E-state index in [-0.39, 0.29) is 29.8 Å². The van der Waals surface area contributed by atoms with Crippen molar-refractivity contribution in [3.05, 3.63) is 41.8 Å². The van der Waals surface area contributed by atoms with Gasteiger partial charge in [0.25, 0.3) is 10.0 Å². The molecule has 0 aliphatic carbocycles. The molecule has 170 valence electrons. The van der Waals surface area contributed by atoms with Crippen LogP contribution in [-0.4, -0.2) is 50.9 Å². The zero-order valence-corrected chi connectivity index (χ0v) is 17.7.